The van der Waals surface area contributed by atoms with Crippen molar-refractivity contribution in [3.8, 4) is 5.75 Å². The number of hydrogen-bond acceptors (Lipinski definition) is 3. The molecule has 1 atom stereocenters. The van der Waals surface area contributed by atoms with Crippen LogP contribution in [-0.2, 0) is 0 Å². The largest absolute Gasteiger partial charge is 0.497 e. The second-order valence-corrected chi connectivity index (χ2v) is 5.67. The molecule has 0 fully saturated rings. The minimum atomic E-state index is -0.524. The number of Topliss-reactive ketones (excluding diaryl/α,β-unsaturated/α-hetero) is 1. The van der Waals surface area contributed by atoms with Gasteiger partial charge in [-0.3, -0.25) is 4.79 Å². The van der Waals surface area contributed by atoms with Gasteiger partial charge in [0.2, 0.25) is 0 Å². The van der Waals surface area contributed by atoms with Crippen LogP contribution in [0.15, 0.2) is 47.4 Å². The number of rotatable bonds is 3. The fraction of sp³-hybridized carbons (Fsp3) is 0.188. The molecule has 2 aromatic carbocycles. The lowest BCUT2D eigenvalue weighted by Crippen LogP contribution is -2.14. The van der Waals surface area contributed by atoms with Crippen LogP contribution in [0.1, 0.15) is 21.8 Å². The van der Waals surface area contributed by atoms with Gasteiger partial charge in [-0.25, -0.2) is 4.39 Å². The Hall–Kier alpha value is -1.81. The predicted molar refractivity (Wildman–Crippen MR) is 77.2 cm³/mol. The maximum absolute atomic E-state index is 14.0. The summed E-state index contributed by atoms with van der Waals surface area (Å²) in [6.07, 6.45) is 0. The summed E-state index contributed by atoms with van der Waals surface area (Å²) >= 11 is 1.64. The lowest BCUT2D eigenvalue weighted by Gasteiger charge is -2.11. The van der Waals surface area contributed by atoms with Crippen molar-refractivity contribution in [2.45, 2.75) is 10.8 Å². The Balaban J connectivity index is 1.95. The number of ether oxygens (including phenoxy) is 1. The first kappa shape index (κ1) is 13.2. The summed E-state index contributed by atoms with van der Waals surface area (Å²) in [7, 11) is 1.47. The van der Waals surface area contributed by atoms with E-state index in [9.17, 15) is 9.18 Å². The second-order valence-electron chi connectivity index (χ2n) is 4.61. The van der Waals surface area contributed by atoms with E-state index >= 15 is 0 Å². The molecule has 2 nitrogen and oxygen atoms in total. The van der Waals surface area contributed by atoms with Gasteiger partial charge in [0.1, 0.15) is 11.6 Å². The van der Waals surface area contributed by atoms with Gasteiger partial charge in [0, 0.05) is 16.7 Å². The van der Waals surface area contributed by atoms with E-state index in [1.54, 1.807) is 17.8 Å². The quantitative estimate of drug-likeness (QED) is 0.801. The van der Waals surface area contributed by atoms with Crippen molar-refractivity contribution in [3.05, 3.63) is 59.4 Å². The topological polar surface area (TPSA) is 26.3 Å². The normalized spacial score (nSPS) is 16.8. The number of hydrogen-bond donors (Lipinski definition) is 0. The maximum atomic E-state index is 14.0. The van der Waals surface area contributed by atoms with Gasteiger partial charge in [-0.2, -0.15) is 0 Å². The first-order valence-corrected chi connectivity index (χ1v) is 7.28. The van der Waals surface area contributed by atoms with Gasteiger partial charge in [-0.05, 0) is 23.8 Å². The number of thioether (sulfide) groups is 1. The molecule has 0 amide bonds. The van der Waals surface area contributed by atoms with Gasteiger partial charge in [-0.15, -0.1) is 11.8 Å². The number of carbonyl (C=O) groups is 1. The molecule has 0 saturated carbocycles. The smallest absolute Gasteiger partial charge is 0.174 e. The van der Waals surface area contributed by atoms with E-state index < -0.39 is 5.82 Å². The van der Waals surface area contributed by atoms with Gasteiger partial charge in [-0.1, -0.05) is 18.2 Å². The van der Waals surface area contributed by atoms with E-state index in [-0.39, 0.29) is 17.3 Å². The van der Waals surface area contributed by atoms with Crippen LogP contribution in [0, 0.1) is 5.82 Å². The summed E-state index contributed by atoms with van der Waals surface area (Å²) in [4.78, 5) is 13.6. The van der Waals surface area contributed by atoms with Crippen LogP contribution in [-0.4, -0.2) is 18.6 Å². The van der Waals surface area contributed by atoms with Crippen molar-refractivity contribution in [3.63, 3.8) is 0 Å². The zero-order chi connectivity index (χ0) is 14.1. The molecule has 2 aromatic rings. The average molecular weight is 288 g/mol. The minimum absolute atomic E-state index is 0.133. The van der Waals surface area contributed by atoms with Crippen molar-refractivity contribution in [2.24, 2.45) is 0 Å². The third-order valence-electron chi connectivity index (χ3n) is 3.46. The Morgan fingerprint density at radius 2 is 2.10 bits per heavy atom. The van der Waals surface area contributed by atoms with Crippen LogP contribution in [0.3, 0.4) is 0 Å². The zero-order valence-corrected chi connectivity index (χ0v) is 11.7. The van der Waals surface area contributed by atoms with Gasteiger partial charge in [0.05, 0.1) is 18.6 Å². The molecular weight excluding hydrogens is 275 g/mol. The monoisotopic (exact) mass is 288 g/mol. The fourth-order valence-corrected chi connectivity index (χ4v) is 3.62. The van der Waals surface area contributed by atoms with Crippen molar-refractivity contribution >= 4 is 17.5 Å². The molecule has 102 valence electrons. The standard InChI is InChI=1S/C16H13FO2S/c1-19-10-6-7-12(14(17)8-10)16(18)13-9-20-15-5-3-2-4-11(13)15/h2-8,13H,9H2,1H3. The van der Waals surface area contributed by atoms with Crippen LogP contribution < -0.4 is 4.74 Å². The van der Waals surface area contributed by atoms with Crippen LogP contribution in [0.5, 0.6) is 5.75 Å². The fourth-order valence-electron chi connectivity index (χ4n) is 2.39. The van der Waals surface area contributed by atoms with E-state index in [0.717, 1.165) is 10.5 Å². The lowest BCUT2D eigenvalue weighted by atomic mass is 9.92. The number of halogens is 1. The van der Waals surface area contributed by atoms with E-state index in [2.05, 4.69) is 0 Å². The first-order valence-electron chi connectivity index (χ1n) is 6.30. The van der Waals surface area contributed by atoms with Gasteiger partial charge in [0.15, 0.2) is 5.78 Å². The van der Waals surface area contributed by atoms with E-state index in [1.807, 2.05) is 24.3 Å². The van der Waals surface area contributed by atoms with Crippen molar-refractivity contribution in [1.29, 1.82) is 0 Å². The maximum Gasteiger partial charge on any atom is 0.174 e. The highest BCUT2D eigenvalue weighted by atomic mass is 32.2. The van der Waals surface area contributed by atoms with Crippen LogP contribution in [0.4, 0.5) is 4.39 Å². The Morgan fingerprint density at radius 3 is 2.85 bits per heavy atom. The molecule has 0 aromatic heterocycles. The Bertz CT molecular complexity index is 669. The molecule has 20 heavy (non-hydrogen) atoms. The van der Waals surface area contributed by atoms with Crippen LogP contribution >= 0.6 is 11.8 Å². The van der Waals surface area contributed by atoms with Crippen molar-refractivity contribution in [2.75, 3.05) is 12.9 Å². The molecular formula is C16H13FO2S. The molecule has 1 unspecified atom stereocenters. The van der Waals surface area contributed by atoms with E-state index in [1.165, 1.54) is 19.2 Å². The molecule has 1 aliphatic heterocycles. The summed E-state index contributed by atoms with van der Waals surface area (Å²) in [5.74, 6) is 0.134. The molecule has 0 spiro atoms. The molecule has 0 radical (unpaired) electrons. The minimum Gasteiger partial charge on any atom is -0.497 e. The van der Waals surface area contributed by atoms with Crippen LogP contribution in [0.2, 0.25) is 0 Å². The molecule has 1 aliphatic rings. The third-order valence-corrected chi connectivity index (χ3v) is 4.64. The number of benzene rings is 2. The summed E-state index contributed by atoms with van der Waals surface area (Å²) in [6, 6.07) is 12.2. The number of methoxy groups -OCH3 is 1. The number of ketones is 1. The summed E-state index contributed by atoms with van der Waals surface area (Å²) in [5, 5.41) is 0. The van der Waals surface area contributed by atoms with E-state index in [4.69, 9.17) is 4.74 Å². The van der Waals surface area contributed by atoms with Gasteiger partial charge >= 0.3 is 0 Å². The molecule has 1 heterocycles. The molecule has 0 N–H and O–H groups in total. The first-order chi connectivity index (χ1) is 9.70. The molecule has 0 aliphatic carbocycles. The number of fused-ring (bicyclic) bond motifs is 1. The average Bonchev–Trinajstić information content (AvgIpc) is 2.90. The summed E-state index contributed by atoms with van der Waals surface area (Å²) in [6.45, 7) is 0. The number of carbonyl (C=O) groups excluding carboxylic acids is 1. The summed E-state index contributed by atoms with van der Waals surface area (Å²) < 4.78 is 19.0. The van der Waals surface area contributed by atoms with Gasteiger partial charge in [0.25, 0.3) is 0 Å². The Morgan fingerprint density at radius 1 is 1.30 bits per heavy atom. The predicted octanol–water partition coefficient (Wildman–Crippen LogP) is 3.91. The van der Waals surface area contributed by atoms with Crippen molar-refractivity contribution < 1.29 is 13.9 Å². The zero-order valence-electron chi connectivity index (χ0n) is 10.9. The summed E-state index contributed by atoms with van der Waals surface area (Å²) in [5.41, 5.74) is 1.13. The van der Waals surface area contributed by atoms with Crippen molar-refractivity contribution in [1.82, 2.24) is 0 Å². The highest BCUT2D eigenvalue weighted by Gasteiger charge is 2.31. The Labute approximate surface area is 121 Å². The highest BCUT2D eigenvalue weighted by Crippen LogP contribution is 2.41. The molecule has 0 saturated heterocycles. The second kappa shape index (κ2) is 5.29. The SMILES string of the molecule is COc1ccc(C(=O)C2CSc3ccccc32)c(F)c1. The van der Waals surface area contributed by atoms with Gasteiger partial charge < -0.3 is 4.74 Å². The lowest BCUT2D eigenvalue weighted by molar-refractivity contribution is 0.0964. The molecule has 4 heteroatoms. The highest BCUT2D eigenvalue weighted by molar-refractivity contribution is 7.99. The molecule has 0 bridgehead atoms. The Kier molecular flexibility index (Phi) is 3.49. The molecule has 3 rings (SSSR count). The third kappa shape index (κ3) is 2.20. The van der Waals surface area contributed by atoms with Crippen LogP contribution in [0.25, 0.3) is 0 Å². The van der Waals surface area contributed by atoms with E-state index in [0.29, 0.717) is 11.5 Å².